The highest BCUT2D eigenvalue weighted by molar-refractivity contribution is 7.80. The van der Waals surface area contributed by atoms with E-state index in [2.05, 4.69) is 11.8 Å². The summed E-state index contributed by atoms with van der Waals surface area (Å²) >= 11 is 5.08. The van der Waals surface area contributed by atoms with E-state index in [-0.39, 0.29) is 17.5 Å². The number of piperidine rings is 1. The van der Waals surface area contributed by atoms with Crippen LogP contribution in [0.4, 0.5) is 0 Å². The summed E-state index contributed by atoms with van der Waals surface area (Å²) in [6, 6.07) is 0. The van der Waals surface area contributed by atoms with Gasteiger partial charge in [0.25, 0.3) is 0 Å². The third-order valence-electron chi connectivity index (χ3n) is 3.27. The molecule has 0 aromatic carbocycles. The van der Waals surface area contributed by atoms with Gasteiger partial charge in [0.05, 0.1) is 17.6 Å². The zero-order valence-electron chi connectivity index (χ0n) is 10.9. The predicted octanol–water partition coefficient (Wildman–Crippen LogP) is 1.33. The van der Waals surface area contributed by atoms with Gasteiger partial charge in [-0.25, -0.2) is 0 Å². The van der Waals surface area contributed by atoms with Gasteiger partial charge in [-0.2, -0.15) is 0 Å². The van der Waals surface area contributed by atoms with Crippen molar-refractivity contribution in [2.24, 2.45) is 11.1 Å². The van der Waals surface area contributed by atoms with Crippen molar-refractivity contribution in [3.63, 3.8) is 0 Å². The van der Waals surface area contributed by atoms with Gasteiger partial charge in [-0.05, 0) is 39.8 Å². The van der Waals surface area contributed by atoms with Crippen LogP contribution in [0.5, 0.6) is 0 Å². The first-order chi connectivity index (χ1) is 7.83. The molecule has 1 heterocycles. The van der Waals surface area contributed by atoms with Crippen molar-refractivity contribution in [3.8, 4) is 0 Å². The lowest BCUT2D eigenvalue weighted by atomic mass is 9.80. The van der Waals surface area contributed by atoms with Gasteiger partial charge in [-0.15, -0.1) is 0 Å². The van der Waals surface area contributed by atoms with Gasteiger partial charge in [-0.1, -0.05) is 19.1 Å². The molecule has 98 valence electrons. The second kappa shape index (κ2) is 5.78. The summed E-state index contributed by atoms with van der Waals surface area (Å²) in [6.07, 6.45) is 1.78. The van der Waals surface area contributed by atoms with Crippen LogP contribution in [0.3, 0.4) is 0 Å². The molecule has 0 spiro atoms. The van der Waals surface area contributed by atoms with Crippen LogP contribution in [0.15, 0.2) is 0 Å². The fourth-order valence-corrected chi connectivity index (χ4v) is 2.14. The Bertz CT molecular complexity index is 297. The molecule has 1 fully saturated rings. The maximum Gasteiger partial charge on any atom is 0.320 e. The number of thiocarbonyl (C=S) groups is 1. The quantitative estimate of drug-likeness (QED) is 0.609. The zero-order valence-corrected chi connectivity index (χ0v) is 11.7. The van der Waals surface area contributed by atoms with Gasteiger partial charge in [0.2, 0.25) is 0 Å². The van der Waals surface area contributed by atoms with Crippen LogP contribution in [0.25, 0.3) is 0 Å². The molecule has 17 heavy (non-hydrogen) atoms. The smallest absolute Gasteiger partial charge is 0.320 e. The first-order valence-electron chi connectivity index (χ1n) is 6.05. The first kappa shape index (κ1) is 14.4. The predicted molar refractivity (Wildman–Crippen MR) is 71.8 cm³/mol. The average Bonchev–Trinajstić information content (AvgIpc) is 2.20. The van der Waals surface area contributed by atoms with Crippen molar-refractivity contribution in [1.82, 2.24) is 4.90 Å². The first-order valence-corrected chi connectivity index (χ1v) is 6.46. The molecule has 2 N–H and O–H groups in total. The van der Waals surface area contributed by atoms with Gasteiger partial charge < -0.3 is 10.5 Å². The molecule has 1 rings (SSSR count). The maximum absolute atomic E-state index is 11.5. The van der Waals surface area contributed by atoms with Crippen molar-refractivity contribution < 1.29 is 9.53 Å². The highest BCUT2D eigenvalue weighted by atomic mass is 32.1. The Hall–Kier alpha value is -0.680. The van der Waals surface area contributed by atoms with E-state index in [1.54, 1.807) is 0 Å². The van der Waals surface area contributed by atoms with E-state index in [9.17, 15) is 4.79 Å². The molecule has 0 aromatic rings. The van der Waals surface area contributed by atoms with Crippen LogP contribution in [0, 0.1) is 5.41 Å². The van der Waals surface area contributed by atoms with Crippen LogP contribution in [-0.2, 0) is 9.53 Å². The molecule has 4 nitrogen and oxygen atoms in total. The molecule has 0 atom stereocenters. The topological polar surface area (TPSA) is 55.6 Å². The number of ether oxygens (including phenoxy) is 1. The fourth-order valence-electron chi connectivity index (χ4n) is 1.93. The third kappa shape index (κ3) is 4.24. The van der Waals surface area contributed by atoms with Crippen LogP contribution in [0.1, 0.15) is 33.6 Å². The minimum absolute atomic E-state index is 0.0471. The van der Waals surface area contributed by atoms with Gasteiger partial charge in [0, 0.05) is 5.41 Å². The van der Waals surface area contributed by atoms with Gasteiger partial charge in [0.1, 0.15) is 0 Å². The molecule has 0 amide bonds. The highest BCUT2D eigenvalue weighted by Crippen LogP contribution is 2.30. The summed E-state index contributed by atoms with van der Waals surface area (Å²) in [4.78, 5) is 14.2. The maximum atomic E-state index is 11.5. The monoisotopic (exact) mass is 258 g/mol. The summed E-state index contributed by atoms with van der Waals surface area (Å²) in [5.74, 6) is -0.154. The second-order valence-electron chi connectivity index (χ2n) is 5.24. The van der Waals surface area contributed by atoms with Crippen molar-refractivity contribution >= 4 is 23.2 Å². The summed E-state index contributed by atoms with van der Waals surface area (Å²) in [5, 5.41) is 0. The molecule has 0 radical (unpaired) electrons. The Kier molecular flexibility index (Phi) is 4.89. The van der Waals surface area contributed by atoms with E-state index in [0.29, 0.717) is 11.5 Å². The molecule has 5 heteroatoms. The van der Waals surface area contributed by atoms with Crippen LogP contribution in [-0.4, -0.2) is 41.6 Å². The Balaban J connectivity index is 2.37. The minimum Gasteiger partial charge on any atom is -0.462 e. The van der Waals surface area contributed by atoms with E-state index < -0.39 is 0 Å². The number of likely N-dealkylation sites (tertiary alicyclic amines) is 1. The molecule has 1 saturated heterocycles. The number of hydrogen-bond donors (Lipinski definition) is 1. The molecule has 1 aliphatic heterocycles. The van der Waals surface area contributed by atoms with Crippen molar-refractivity contribution in [3.05, 3.63) is 0 Å². The number of hydrogen-bond acceptors (Lipinski definition) is 4. The number of carbonyl (C=O) groups excluding carboxylic acids is 1. The molecule has 0 unspecified atom stereocenters. The number of nitrogens with zero attached hydrogens (tertiary/aromatic N) is 1. The SMILES string of the molecule is CC(C)OC(=O)CN1CCC(C)(C(N)=S)CC1. The van der Waals surface area contributed by atoms with Gasteiger partial charge in [-0.3, -0.25) is 9.69 Å². The lowest BCUT2D eigenvalue weighted by Gasteiger charge is -2.38. The number of carbonyl (C=O) groups is 1. The lowest BCUT2D eigenvalue weighted by Crippen LogP contribution is -2.46. The molecular weight excluding hydrogens is 236 g/mol. The van der Waals surface area contributed by atoms with Crippen molar-refractivity contribution in [2.45, 2.75) is 39.7 Å². The normalized spacial score (nSPS) is 20.2. The second-order valence-corrected chi connectivity index (χ2v) is 5.68. The zero-order chi connectivity index (χ0) is 13.1. The Morgan fingerprint density at radius 1 is 1.47 bits per heavy atom. The minimum atomic E-state index is -0.154. The Morgan fingerprint density at radius 2 is 2.00 bits per heavy atom. The van der Waals surface area contributed by atoms with Crippen LogP contribution in [0.2, 0.25) is 0 Å². The van der Waals surface area contributed by atoms with Crippen LogP contribution < -0.4 is 5.73 Å². The molecule has 0 saturated carbocycles. The molecule has 0 aromatic heterocycles. The number of rotatable bonds is 4. The highest BCUT2D eigenvalue weighted by Gasteiger charge is 2.33. The largest absolute Gasteiger partial charge is 0.462 e. The molecular formula is C12H22N2O2S. The standard InChI is InChI=1S/C12H22N2O2S/c1-9(2)16-10(15)8-14-6-4-12(3,5-7-14)11(13)17/h9H,4-8H2,1-3H3,(H2,13,17). The van der Waals surface area contributed by atoms with E-state index in [0.717, 1.165) is 25.9 Å². The van der Waals surface area contributed by atoms with E-state index in [1.165, 1.54) is 0 Å². The Morgan fingerprint density at radius 3 is 2.41 bits per heavy atom. The van der Waals surface area contributed by atoms with E-state index in [4.69, 9.17) is 22.7 Å². The van der Waals surface area contributed by atoms with Crippen molar-refractivity contribution in [2.75, 3.05) is 19.6 Å². The van der Waals surface area contributed by atoms with Gasteiger partial charge in [0.15, 0.2) is 0 Å². The molecule has 1 aliphatic rings. The summed E-state index contributed by atoms with van der Waals surface area (Å²) in [7, 11) is 0. The lowest BCUT2D eigenvalue weighted by molar-refractivity contribution is -0.149. The van der Waals surface area contributed by atoms with Crippen LogP contribution >= 0.6 is 12.2 Å². The molecule has 0 bridgehead atoms. The van der Waals surface area contributed by atoms with Crippen molar-refractivity contribution in [1.29, 1.82) is 0 Å². The third-order valence-corrected chi connectivity index (χ3v) is 3.77. The Labute approximate surface area is 108 Å². The van der Waals surface area contributed by atoms with E-state index >= 15 is 0 Å². The molecule has 0 aliphatic carbocycles. The fraction of sp³-hybridized carbons (Fsp3) is 0.833. The average molecular weight is 258 g/mol. The summed E-state index contributed by atoms with van der Waals surface area (Å²) in [6.45, 7) is 7.88. The summed E-state index contributed by atoms with van der Waals surface area (Å²) in [5.41, 5.74) is 5.69. The number of nitrogens with two attached hydrogens (primary N) is 1. The van der Waals surface area contributed by atoms with Gasteiger partial charge >= 0.3 is 5.97 Å². The number of esters is 1. The van der Waals surface area contributed by atoms with E-state index in [1.807, 2.05) is 13.8 Å². The summed E-state index contributed by atoms with van der Waals surface area (Å²) < 4.78 is 5.12.